The summed E-state index contributed by atoms with van der Waals surface area (Å²) in [5, 5.41) is 0. The van der Waals surface area contributed by atoms with E-state index >= 15 is 0 Å². The van der Waals surface area contributed by atoms with E-state index in [1.807, 2.05) is 71.6 Å². The lowest BCUT2D eigenvalue weighted by atomic mass is 9.90. The Hall–Kier alpha value is -3.05. The highest BCUT2D eigenvalue weighted by Crippen LogP contribution is 2.46. The summed E-state index contributed by atoms with van der Waals surface area (Å²) in [6.07, 6.45) is 3.36. The zero-order chi connectivity index (χ0) is 19.3. The molecule has 2 bridgehead atoms. The van der Waals surface area contributed by atoms with Crippen molar-refractivity contribution in [1.82, 2.24) is 9.80 Å². The van der Waals surface area contributed by atoms with Crippen LogP contribution in [0.2, 0.25) is 0 Å². The zero-order valence-electron chi connectivity index (χ0n) is 15.3. The largest absolute Gasteiger partial charge is 0.293 e. The fourth-order valence-corrected chi connectivity index (χ4v) is 4.85. The van der Waals surface area contributed by atoms with Gasteiger partial charge in [0.15, 0.2) is 5.78 Å². The molecule has 28 heavy (non-hydrogen) atoms. The normalized spacial score (nSPS) is 28.9. The van der Waals surface area contributed by atoms with Crippen molar-refractivity contribution in [2.24, 2.45) is 11.8 Å². The Balaban J connectivity index is 1.46. The van der Waals surface area contributed by atoms with E-state index in [0.29, 0.717) is 6.54 Å². The molecule has 5 heteroatoms. The van der Waals surface area contributed by atoms with Gasteiger partial charge in [0.1, 0.15) is 0 Å². The van der Waals surface area contributed by atoms with Gasteiger partial charge in [-0.05, 0) is 17.2 Å². The van der Waals surface area contributed by atoms with Gasteiger partial charge in [0.25, 0.3) is 0 Å². The lowest BCUT2D eigenvalue weighted by Crippen LogP contribution is -2.48. The first kappa shape index (κ1) is 17.1. The van der Waals surface area contributed by atoms with Crippen molar-refractivity contribution in [1.29, 1.82) is 0 Å². The van der Waals surface area contributed by atoms with Gasteiger partial charge in [-0.2, -0.15) is 0 Å². The molecule has 3 aliphatic rings. The van der Waals surface area contributed by atoms with Gasteiger partial charge < -0.3 is 0 Å². The van der Waals surface area contributed by atoms with Crippen molar-refractivity contribution >= 4 is 17.6 Å². The second-order valence-electron chi connectivity index (χ2n) is 7.65. The Morgan fingerprint density at radius 3 is 1.93 bits per heavy atom. The maximum absolute atomic E-state index is 13.2. The van der Waals surface area contributed by atoms with Crippen molar-refractivity contribution in [2.45, 2.75) is 25.2 Å². The van der Waals surface area contributed by atoms with E-state index in [2.05, 4.69) is 0 Å². The predicted octanol–water partition coefficient (Wildman–Crippen LogP) is 2.18. The van der Waals surface area contributed by atoms with Gasteiger partial charge in [0, 0.05) is 12.6 Å². The van der Waals surface area contributed by atoms with Crippen LogP contribution in [0.4, 0.5) is 0 Å². The summed E-state index contributed by atoms with van der Waals surface area (Å²) in [5.74, 6) is -1.53. The molecule has 2 fully saturated rings. The van der Waals surface area contributed by atoms with Crippen molar-refractivity contribution in [2.75, 3.05) is 0 Å². The summed E-state index contributed by atoms with van der Waals surface area (Å²) >= 11 is 0. The third kappa shape index (κ3) is 2.54. The van der Waals surface area contributed by atoms with Crippen LogP contribution in [0, 0.1) is 11.8 Å². The average molecular weight is 372 g/mol. The molecule has 0 aliphatic carbocycles. The summed E-state index contributed by atoms with van der Waals surface area (Å²) < 4.78 is 0. The predicted molar refractivity (Wildman–Crippen MR) is 103 cm³/mol. The number of ketones is 1. The third-order valence-corrected chi connectivity index (χ3v) is 6.08. The Morgan fingerprint density at radius 1 is 0.714 bits per heavy atom. The fourth-order valence-electron chi connectivity index (χ4n) is 4.85. The first-order valence-electron chi connectivity index (χ1n) is 9.56. The van der Waals surface area contributed by atoms with Gasteiger partial charge in [0.05, 0.1) is 24.4 Å². The molecule has 2 aromatic carbocycles. The first-order valence-corrected chi connectivity index (χ1v) is 9.56. The summed E-state index contributed by atoms with van der Waals surface area (Å²) in [4.78, 5) is 42.4. The van der Waals surface area contributed by atoms with Crippen molar-refractivity contribution in [3.05, 3.63) is 83.9 Å². The fraction of sp³-hybridized carbons (Fsp3) is 0.261. The maximum Gasteiger partial charge on any atom is 0.235 e. The van der Waals surface area contributed by atoms with Crippen LogP contribution in [-0.2, 0) is 27.5 Å². The lowest BCUT2D eigenvalue weighted by molar-refractivity contribution is -0.143. The van der Waals surface area contributed by atoms with Gasteiger partial charge in [-0.3, -0.25) is 24.2 Å². The quantitative estimate of drug-likeness (QED) is 0.772. The van der Waals surface area contributed by atoms with Crippen LogP contribution in [0.1, 0.15) is 11.1 Å². The minimum Gasteiger partial charge on any atom is -0.293 e. The summed E-state index contributed by atoms with van der Waals surface area (Å²) in [5.41, 5.74) is 1.99. The molecule has 0 saturated carbocycles. The van der Waals surface area contributed by atoms with Gasteiger partial charge in [-0.15, -0.1) is 0 Å². The monoisotopic (exact) mass is 372 g/mol. The molecule has 2 aromatic rings. The molecular formula is C23H20N2O3. The Kier molecular flexibility index (Phi) is 3.98. The molecule has 0 aromatic heterocycles. The molecule has 3 heterocycles. The molecule has 2 saturated heterocycles. The van der Waals surface area contributed by atoms with Crippen LogP contribution in [0.25, 0.3) is 0 Å². The second-order valence-corrected chi connectivity index (χ2v) is 7.65. The number of likely N-dealkylation sites (tertiary alicyclic amines) is 1. The molecule has 140 valence electrons. The minimum atomic E-state index is -0.590. The SMILES string of the molecule is O=C1C=CC2C3C(=O)N(Cc4ccccc4)C(=O)C3C1N2Cc1ccccc1. The number of imide groups is 1. The van der Waals surface area contributed by atoms with E-state index in [9.17, 15) is 14.4 Å². The number of hydrogen-bond donors (Lipinski definition) is 0. The molecule has 3 aliphatic heterocycles. The average Bonchev–Trinajstić information content (AvgIpc) is 3.08. The number of carbonyl (C=O) groups excluding carboxylic acids is 3. The molecule has 0 spiro atoms. The van der Waals surface area contributed by atoms with E-state index in [0.717, 1.165) is 11.1 Å². The van der Waals surface area contributed by atoms with Crippen molar-refractivity contribution < 1.29 is 14.4 Å². The number of carbonyl (C=O) groups is 3. The number of benzene rings is 2. The Labute approximate surface area is 163 Å². The van der Waals surface area contributed by atoms with E-state index in [1.54, 1.807) is 6.08 Å². The summed E-state index contributed by atoms with van der Waals surface area (Å²) in [6, 6.07) is 18.6. The molecule has 2 amide bonds. The molecule has 0 radical (unpaired) electrons. The lowest BCUT2D eigenvalue weighted by Gasteiger charge is -2.33. The highest BCUT2D eigenvalue weighted by molar-refractivity contribution is 6.11. The molecule has 4 unspecified atom stereocenters. The topological polar surface area (TPSA) is 57.7 Å². The van der Waals surface area contributed by atoms with E-state index in [-0.39, 0.29) is 30.2 Å². The molecule has 5 nitrogen and oxygen atoms in total. The van der Waals surface area contributed by atoms with Crippen LogP contribution >= 0.6 is 0 Å². The zero-order valence-corrected chi connectivity index (χ0v) is 15.3. The van der Waals surface area contributed by atoms with E-state index in [1.165, 1.54) is 4.90 Å². The van der Waals surface area contributed by atoms with Gasteiger partial charge >= 0.3 is 0 Å². The Morgan fingerprint density at radius 2 is 1.29 bits per heavy atom. The minimum absolute atomic E-state index is 0.0811. The number of hydrogen-bond acceptors (Lipinski definition) is 4. The van der Waals surface area contributed by atoms with Crippen LogP contribution in [0.3, 0.4) is 0 Å². The van der Waals surface area contributed by atoms with Crippen LogP contribution in [-0.4, -0.2) is 39.5 Å². The number of rotatable bonds is 4. The second kappa shape index (κ2) is 6.53. The van der Waals surface area contributed by atoms with Gasteiger partial charge in [-0.25, -0.2) is 0 Å². The van der Waals surface area contributed by atoms with Crippen LogP contribution < -0.4 is 0 Å². The highest BCUT2D eigenvalue weighted by atomic mass is 16.2. The van der Waals surface area contributed by atoms with Crippen LogP contribution in [0.15, 0.2) is 72.8 Å². The van der Waals surface area contributed by atoms with E-state index < -0.39 is 17.9 Å². The summed E-state index contributed by atoms with van der Waals surface area (Å²) in [6.45, 7) is 0.819. The first-order chi connectivity index (χ1) is 13.6. The van der Waals surface area contributed by atoms with E-state index in [4.69, 9.17) is 0 Å². The molecular weight excluding hydrogens is 352 g/mol. The number of fused-ring (bicyclic) bond motifs is 5. The molecule has 0 N–H and O–H groups in total. The van der Waals surface area contributed by atoms with Crippen molar-refractivity contribution in [3.63, 3.8) is 0 Å². The van der Waals surface area contributed by atoms with Crippen molar-refractivity contribution in [3.8, 4) is 0 Å². The Bertz CT molecular complexity index is 970. The van der Waals surface area contributed by atoms with Gasteiger partial charge in [0.2, 0.25) is 11.8 Å². The summed E-state index contributed by atoms with van der Waals surface area (Å²) in [7, 11) is 0. The highest BCUT2D eigenvalue weighted by Gasteiger charge is 2.63. The standard InChI is InChI=1S/C23H20N2O3/c26-18-12-11-17-19-20(21(18)24(17)13-15-7-3-1-4-8-15)23(28)25(22(19)27)14-16-9-5-2-6-10-16/h1-12,17,19-21H,13-14H2. The number of nitrogens with zero attached hydrogens (tertiary/aromatic N) is 2. The number of amides is 2. The third-order valence-electron chi connectivity index (χ3n) is 6.08. The molecule has 5 rings (SSSR count). The smallest absolute Gasteiger partial charge is 0.235 e. The van der Waals surface area contributed by atoms with Gasteiger partial charge in [-0.1, -0.05) is 66.7 Å². The van der Waals surface area contributed by atoms with Crippen LogP contribution in [0.5, 0.6) is 0 Å². The maximum atomic E-state index is 13.2. The molecule has 4 atom stereocenters.